The lowest BCUT2D eigenvalue weighted by atomic mass is 10.1. The van der Waals surface area contributed by atoms with Crippen LogP contribution < -0.4 is 5.32 Å². The van der Waals surface area contributed by atoms with Crippen molar-refractivity contribution < 1.29 is 7.48 Å². The minimum atomic E-state index is -1.38. The molecule has 0 aromatic heterocycles. The Hall–Kier alpha value is -0.860. The van der Waals surface area contributed by atoms with E-state index in [0.717, 1.165) is 5.56 Å². The van der Waals surface area contributed by atoms with E-state index in [1.165, 1.54) is 0 Å². The van der Waals surface area contributed by atoms with E-state index in [-0.39, 0.29) is 12.7 Å². The molecule has 2 rings (SSSR count). The van der Waals surface area contributed by atoms with Gasteiger partial charge in [0.05, 0.1) is 12.7 Å². The Balaban J connectivity index is 2.03. The maximum absolute atomic E-state index is 7.41. The summed E-state index contributed by atoms with van der Waals surface area (Å²) >= 11 is 0. The summed E-state index contributed by atoms with van der Waals surface area (Å²) in [7, 11) is 0. The highest BCUT2D eigenvalue weighted by Crippen LogP contribution is 2.17. The third kappa shape index (κ3) is 1.65. The molecule has 1 aromatic rings. The Morgan fingerprint density at radius 3 is 2.92 bits per heavy atom. The zero-order chi connectivity index (χ0) is 10.0. The SMILES string of the molecule is [2H]C1([2H])CO[C@@H](c2ccccc2)CN1. The van der Waals surface area contributed by atoms with Crippen LogP contribution >= 0.6 is 0 Å². The summed E-state index contributed by atoms with van der Waals surface area (Å²) in [6, 6.07) is 9.86. The second kappa shape index (κ2) is 3.70. The molecule has 1 saturated heterocycles. The zero-order valence-electron chi connectivity index (χ0n) is 8.79. The van der Waals surface area contributed by atoms with E-state index in [1.807, 2.05) is 30.3 Å². The highest BCUT2D eigenvalue weighted by molar-refractivity contribution is 5.18. The monoisotopic (exact) mass is 165 g/mol. The fraction of sp³-hybridized carbons (Fsp3) is 0.400. The first-order valence-electron chi connectivity index (χ1n) is 5.09. The summed E-state index contributed by atoms with van der Waals surface area (Å²) in [6.07, 6.45) is -0.0278. The first-order chi connectivity index (χ1) is 6.67. The van der Waals surface area contributed by atoms with E-state index in [1.54, 1.807) is 0 Å². The lowest BCUT2D eigenvalue weighted by Crippen LogP contribution is -2.33. The van der Waals surface area contributed by atoms with E-state index in [0.29, 0.717) is 6.54 Å². The van der Waals surface area contributed by atoms with Crippen LogP contribution in [0, 0.1) is 0 Å². The number of ether oxygens (including phenoxy) is 1. The van der Waals surface area contributed by atoms with Gasteiger partial charge >= 0.3 is 0 Å². The van der Waals surface area contributed by atoms with Crippen LogP contribution in [0.25, 0.3) is 0 Å². The van der Waals surface area contributed by atoms with Crippen LogP contribution in [0.2, 0.25) is 0 Å². The molecule has 1 heterocycles. The van der Waals surface area contributed by atoms with Crippen LogP contribution in [0.4, 0.5) is 0 Å². The predicted octanol–water partition coefficient (Wildman–Crippen LogP) is 1.35. The summed E-state index contributed by atoms with van der Waals surface area (Å²) in [6.45, 7) is -0.755. The first kappa shape index (κ1) is 5.73. The van der Waals surface area contributed by atoms with Crippen LogP contribution in [0.1, 0.15) is 14.4 Å². The van der Waals surface area contributed by atoms with Gasteiger partial charge in [0.15, 0.2) is 0 Å². The molecule has 1 aliphatic rings. The molecule has 64 valence electrons. The maximum atomic E-state index is 7.41. The summed E-state index contributed by atoms with van der Waals surface area (Å²) in [5.41, 5.74) is 1.09. The van der Waals surface area contributed by atoms with Gasteiger partial charge in [-0.15, -0.1) is 0 Å². The highest BCUT2D eigenvalue weighted by atomic mass is 16.5. The summed E-state index contributed by atoms with van der Waals surface area (Å²) in [5, 5.41) is 2.82. The van der Waals surface area contributed by atoms with Crippen molar-refractivity contribution in [1.29, 1.82) is 0 Å². The van der Waals surface area contributed by atoms with Crippen molar-refractivity contribution in [3.63, 3.8) is 0 Å². The smallest absolute Gasteiger partial charge is 0.0949 e. The predicted molar refractivity (Wildman–Crippen MR) is 48.0 cm³/mol. The Morgan fingerprint density at radius 1 is 1.42 bits per heavy atom. The van der Waals surface area contributed by atoms with E-state index >= 15 is 0 Å². The van der Waals surface area contributed by atoms with Crippen LogP contribution in [-0.2, 0) is 4.74 Å². The van der Waals surface area contributed by atoms with Crippen molar-refractivity contribution in [2.24, 2.45) is 0 Å². The molecule has 0 saturated carbocycles. The van der Waals surface area contributed by atoms with Gasteiger partial charge in [-0.3, -0.25) is 0 Å². The molecule has 12 heavy (non-hydrogen) atoms. The van der Waals surface area contributed by atoms with E-state index < -0.39 is 6.50 Å². The molecule has 1 aliphatic heterocycles. The van der Waals surface area contributed by atoms with Crippen LogP contribution in [-0.4, -0.2) is 19.6 Å². The number of hydrogen-bond donors (Lipinski definition) is 1. The van der Waals surface area contributed by atoms with Crippen LogP contribution in [0.5, 0.6) is 0 Å². The van der Waals surface area contributed by atoms with Gasteiger partial charge in [-0.05, 0) is 5.56 Å². The first-order valence-corrected chi connectivity index (χ1v) is 4.09. The average molecular weight is 165 g/mol. The number of hydrogen-bond acceptors (Lipinski definition) is 2. The van der Waals surface area contributed by atoms with Crippen molar-refractivity contribution in [2.45, 2.75) is 6.10 Å². The van der Waals surface area contributed by atoms with E-state index in [4.69, 9.17) is 7.48 Å². The van der Waals surface area contributed by atoms with Gasteiger partial charge in [0.25, 0.3) is 0 Å². The molecular weight excluding hydrogens is 150 g/mol. The van der Waals surface area contributed by atoms with Gasteiger partial charge in [-0.25, -0.2) is 0 Å². The zero-order valence-corrected chi connectivity index (χ0v) is 6.79. The van der Waals surface area contributed by atoms with Crippen molar-refractivity contribution >= 4 is 0 Å². The second-order valence-electron chi connectivity index (χ2n) is 2.77. The minimum absolute atomic E-state index is 0.0278. The quantitative estimate of drug-likeness (QED) is 0.678. The van der Waals surface area contributed by atoms with Crippen molar-refractivity contribution in [3.05, 3.63) is 35.9 Å². The highest BCUT2D eigenvalue weighted by Gasteiger charge is 2.14. The van der Waals surface area contributed by atoms with Crippen molar-refractivity contribution in [1.82, 2.24) is 5.32 Å². The Bertz CT molecular complexity index is 292. The fourth-order valence-electron chi connectivity index (χ4n) is 1.30. The average Bonchev–Trinajstić information content (AvgIpc) is 2.19. The molecule has 0 amide bonds. The van der Waals surface area contributed by atoms with Gasteiger partial charge in [-0.2, -0.15) is 0 Å². The third-order valence-electron chi connectivity index (χ3n) is 1.94. The molecular formula is C10H13NO. The lowest BCUT2D eigenvalue weighted by Gasteiger charge is -2.23. The molecule has 2 nitrogen and oxygen atoms in total. The van der Waals surface area contributed by atoms with Gasteiger partial charge < -0.3 is 10.1 Å². The normalized spacial score (nSPS) is 30.5. The molecule has 0 unspecified atom stereocenters. The number of benzene rings is 1. The fourth-order valence-corrected chi connectivity index (χ4v) is 1.30. The molecule has 0 spiro atoms. The molecule has 0 aliphatic carbocycles. The van der Waals surface area contributed by atoms with Crippen molar-refractivity contribution in [2.75, 3.05) is 19.6 Å². The topological polar surface area (TPSA) is 21.3 Å². The van der Waals surface area contributed by atoms with Gasteiger partial charge in [0.1, 0.15) is 0 Å². The largest absolute Gasteiger partial charge is 0.371 e. The summed E-state index contributed by atoms with van der Waals surface area (Å²) in [4.78, 5) is 0. The number of rotatable bonds is 1. The summed E-state index contributed by atoms with van der Waals surface area (Å²) in [5.74, 6) is 0. The molecule has 1 aromatic carbocycles. The van der Waals surface area contributed by atoms with Gasteiger partial charge in [0, 0.05) is 15.8 Å². The molecule has 1 N–H and O–H groups in total. The van der Waals surface area contributed by atoms with Gasteiger partial charge in [-0.1, -0.05) is 30.3 Å². The Morgan fingerprint density at radius 2 is 2.25 bits per heavy atom. The standard InChI is InChI=1S/C10H13NO/c1-2-4-9(5-3-1)10-8-11-6-7-12-10/h1-5,10-11H,6-8H2/t10-/m1/s1/i6D2. The van der Waals surface area contributed by atoms with E-state index in [2.05, 4.69) is 5.32 Å². The maximum Gasteiger partial charge on any atom is 0.0949 e. The summed E-state index contributed by atoms with van der Waals surface area (Å²) < 4.78 is 20.3. The molecule has 0 bridgehead atoms. The lowest BCUT2D eigenvalue weighted by molar-refractivity contribution is 0.0277. The number of morpholine rings is 1. The van der Waals surface area contributed by atoms with E-state index in [9.17, 15) is 0 Å². The molecule has 0 radical (unpaired) electrons. The Labute approximate surface area is 75.4 Å². The van der Waals surface area contributed by atoms with Gasteiger partial charge in [0.2, 0.25) is 0 Å². The molecule has 1 fully saturated rings. The Kier molecular flexibility index (Phi) is 1.76. The van der Waals surface area contributed by atoms with Crippen LogP contribution in [0.3, 0.4) is 0 Å². The van der Waals surface area contributed by atoms with Crippen LogP contribution in [0.15, 0.2) is 30.3 Å². The number of nitrogens with one attached hydrogen (secondary N) is 1. The second-order valence-corrected chi connectivity index (χ2v) is 2.77. The van der Waals surface area contributed by atoms with Crippen molar-refractivity contribution in [3.8, 4) is 0 Å². The molecule has 1 atom stereocenters. The minimum Gasteiger partial charge on any atom is -0.371 e. The molecule has 2 heteroatoms. The third-order valence-corrected chi connectivity index (χ3v) is 1.94.